The number of nitrogens with zero attached hydrogens (tertiary/aromatic N) is 2. The van der Waals surface area contributed by atoms with E-state index in [1.807, 2.05) is 43.3 Å². The van der Waals surface area contributed by atoms with Crippen molar-refractivity contribution in [3.8, 4) is 0 Å². The van der Waals surface area contributed by atoms with Gasteiger partial charge in [0.05, 0.1) is 18.9 Å². The number of anilines is 2. The Labute approximate surface area is 188 Å². The molecule has 1 N–H and O–H groups in total. The third kappa shape index (κ3) is 4.16. The second-order valence-corrected chi connectivity index (χ2v) is 8.38. The summed E-state index contributed by atoms with van der Waals surface area (Å²) < 4.78 is 6.29. The predicted molar refractivity (Wildman–Crippen MR) is 125 cm³/mol. The van der Waals surface area contributed by atoms with Crippen LogP contribution < -0.4 is 15.1 Å². The fraction of sp³-hybridized carbons (Fsp3) is 0.227. The van der Waals surface area contributed by atoms with E-state index in [1.165, 1.54) is 4.90 Å². The number of thiocarbonyl (C=S) groups is 1. The van der Waals surface area contributed by atoms with Gasteiger partial charge in [0.1, 0.15) is 5.57 Å². The number of benzene rings is 2. The summed E-state index contributed by atoms with van der Waals surface area (Å²) in [4.78, 5) is 29.3. The fourth-order valence-electron chi connectivity index (χ4n) is 3.52. The molecular weight excluding hydrogens is 466 g/mol. The van der Waals surface area contributed by atoms with E-state index in [0.29, 0.717) is 18.9 Å². The Hall–Kier alpha value is -2.55. The standard InChI is InChI=1S/C22H20BrN3O3S/c1-14-12-16(23)4-7-19(14)26-21(28)18(20(27)24-22(26)30)13-15-2-5-17(6-3-15)25-8-10-29-11-9-25/h2-7,12-13H,8-11H2,1H3,(H,24,27,30)/b18-13+. The zero-order valence-corrected chi connectivity index (χ0v) is 18.8. The molecule has 0 aromatic heterocycles. The highest BCUT2D eigenvalue weighted by molar-refractivity contribution is 9.10. The summed E-state index contributed by atoms with van der Waals surface area (Å²) in [5.41, 5.74) is 3.41. The first kappa shape index (κ1) is 20.7. The molecule has 154 valence electrons. The van der Waals surface area contributed by atoms with Crippen molar-refractivity contribution in [3.63, 3.8) is 0 Å². The van der Waals surface area contributed by atoms with Gasteiger partial charge in [-0.2, -0.15) is 0 Å². The first-order valence-corrected chi connectivity index (χ1v) is 10.7. The van der Waals surface area contributed by atoms with Crippen molar-refractivity contribution in [1.29, 1.82) is 0 Å². The van der Waals surface area contributed by atoms with E-state index in [1.54, 1.807) is 12.1 Å². The second-order valence-electron chi connectivity index (χ2n) is 7.08. The molecule has 2 amide bonds. The van der Waals surface area contributed by atoms with Crippen LogP contribution in [0.3, 0.4) is 0 Å². The van der Waals surface area contributed by atoms with E-state index in [4.69, 9.17) is 17.0 Å². The van der Waals surface area contributed by atoms with E-state index >= 15 is 0 Å². The van der Waals surface area contributed by atoms with E-state index in [0.717, 1.165) is 34.4 Å². The first-order valence-electron chi connectivity index (χ1n) is 9.54. The van der Waals surface area contributed by atoms with Crippen LogP contribution in [0.1, 0.15) is 11.1 Å². The van der Waals surface area contributed by atoms with Crippen molar-refractivity contribution in [2.24, 2.45) is 0 Å². The lowest BCUT2D eigenvalue weighted by Gasteiger charge is -2.30. The van der Waals surface area contributed by atoms with E-state index in [-0.39, 0.29) is 10.7 Å². The van der Waals surface area contributed by atoms with Crippen LogP contribution >= 0.6 is 28.1 Å². The maximum absolute atomic E-state index is 13.2. The van der Waals surface area contributed by atoms with Crippen LogP contribution in [0.25, 0.3) is 6.08 Å². The minimum Gasteiger partial charge on any atom is -0.378 e. The zero-order chi connectivity index (χ0) is 21.3. The Balaban J connectivity index is 1.62. The molecule has 2 heterocycles. The Morgan fingerprint density at radius 3 is 2.47 bits per heavy atom. The van der Waals surface area contributed by atoms with Gasteiger partial charge in [-0.3, -0.25) is 19.8 Å². The average Bonchev–Trinajstić information content (AvgIpc) is 2.73. The maximum Gasteiger partial charge on any atom is 0.270 e. The Bertz CT molecular complexity index is 1050. The number of carbonyl (C=O) groups excluding carboxylic acids is 2. The van der Waals surface area contributed by atoms with Gasteiger partial charge in [0.15, 0.2) is 5.11 Å². The van der Waals surface area contributed by atoms with Crippen LogP contribution in [0, 0.1) is 6.92 Å². The summed E-state index contributed by atoms with van der Waals surface area (Å²) in [5, 5.41) is 2.71. The first-order chi connectivity index (χ1) is 14.4. The number of carbonyl (C=O) groups is 2. The summed E-state index contributed by atoms with van der Waals surface area (Å²) in [6, 6.07) is 13.3. The minimum absolute atomic E-state index is 0.0463. The second kappa shape index (κ2) is 8.67. The molecule has 6 nitrogen and oxygen atoms in total. The number of ether oxygens (including phenoxy) is 1. The molecule has 8 heteroatoms. The molecule has 0 saturated carbocycles. The molecule has 2 aromatic rings. The third-order valence-corrected chi connectivity index (χ3v) is 5.86. The number of morpholine rings is 1. The smallest absolute Gasteiger partial charge is 0.270 e. The number of hydrogen-bond donors (Lipinski definition) is 1. The van der Waals surface area contributed by atoms with Gasteiger partial charge < -0.3 is 9.64 Å². The quantitative estimate of drug-likeness (QED) is 0.410. The number of aryl methyl sites for hydroxylation is 1. The molecule has 4 rings (SSSR count). The molecular formula is C22H20BrN3O3S. The van der Waals surface area contributed by atoms with E-state index in [9.17, 15) is 9.59 Å². The summed E-state index contributed by atoms with van der Waals surface area (Å²) in [6.45, 7) is 5.01. The van der Waals surface area contributed by atoms with Crippen LogP contribution in [0.4, 0.5) is 11.4 Å². The molecule has 0 radical (unpaired) electrons. The lowest BCUT2D eigenvalue weighted by Crippen LogP contribution is -2.54. The summed E-state index contributed by atoms with van der Waals surface area (Å²) in [6.07, 6.45) is 1.60. The molecule has 0 atom stereocenters. The zero-order valence-electron chi connectivity index (χ0n) is 16.4. The third-order valence-electron chi connectivity index (χ3n) is 5.08. The highest BCUT2D eigenvalue weighted by Crippen LogP contribution is 2.28. The topological polar surface area (TPSA) is 61.9 Å². The van der Waals surface area contributed by atoms with Gasteiger partial charge in [0.2, 0.25) is 0 Å². The molecule has 2 aliphatic rings. The highest BCUT2D eigenvalue weighted by atomic mass is 79.9. The lowest BCUT2D eigenvalue weighted by molar-refractivity contribution is -0.122. The molecule has 2 aromatic carbocycles. The van der Waals surface area contributed by atoms with E-state index in [2.05, 4.69) is 26.1 Å². The predicted octanol–water partition coefficient (Wildman–Crippen LogP) is 3.43. The maximum atomic E-state index is 13.2. The van der Waals surface area contributed by atoms with Gasteiger partial charge in [-0.05, 0) is 66.7 Å². The van der Waals surface area contributed by atoms with Crippen molar-refractivity contribution in [3.05, 3.63) is 63.6 Å². The van der Waals surface area contributed by atoms with Crippen LogP contribution in [-0.4, -0.2) is 43.2 Å². The number of hydrogen-bond acceptors (Lipinski definition) is 5. The lowest BCUT2D eigenvalue weighted by atomic mass is 10.1. The van der Waals surface area contributed by atoms with Gasteiger partial charge in [0.25, 0.3) is 11.8 Å². The number of amides is 2. The number of nitrogens with one attached hydrogen (secondary N) is 1. The molecule has 2 saturated heterocycles. The average molecular weight is 486 g/mol. The Morgan fingerprint density at radius 2 is 1.80 bits per heavy atom. The van der Waals surface area contributed by atoms with Crippen LogP contribution in [0.15, 0.2) is 52.5 Å². The van der Waals surface area contributed by atoms with Crippen LogP contribution in [-0.2, 0) is 14.3 Å². The van der Waals surface area contributed by atoms with Crippen LogP contribution in [0.2, 0.25) is 0 Å². The fourth-order valence-corrected chi connectivity index (χ4v) is 4.27. The Morgan fingerprint density at radius 1 is 1.10 bits per heavy atom. The summed E-state index contributed by atoms with van der Waals surface area (Å²) in [5.74, 6) is -0.931. The van der Waals surface area contributed by atoms with Gasteiger partial charge in [-0.1, -0.05) is 28.1 Å². The van der Waals surface area contributed by atoms with Crippen molar-refractivity contribution >= 4 is 62.5 Å². The van der Waals surface area contributed by atoms with Crippen molar-refractivity contribution in [1.82, 2.24) is 5.32 Å². The van der Waals surface area contributed by atoms with Gasteiger partial charge in [-0.15, -0.1) is 0 Å². The van der Waals surface area contributed by atoms with Gasteiger partial charge >= 0.3 is 0 Å². The molecule has 0 bridgehead atoms. The number of rotatable bonds is 3. The molecule has 2 aliphatic heterocycles. The monoisotopic (exact) mass is 485 g/mol. The van der Waals surface area contributed by atoms with Gasteiger partial charge in [0, 0.05) is 23.2 Å². The van der Waals surface area contributed by atoms with Crippen molar-refractivity contribution in [2.75, 3.05) is 36.1 Å². The minimum atomic E-state index is -0.492. The largest absolute Gasteiger partial charge is 0.378 e. The highest BCUT2D eigenvalue weighted by Gasteiger charge is 2.35. The molecule has 30 heavy (non-hydrogen) atoms. The summed E-state index contributed by atoms with van der Waals surface area (Å²) >= 11 is 8.70. The molecule has 0 spiro atoms. The van der Waals surface area contributed by atoms with Gasteiger partial charge in [-0.25, -0.2) is 0 Å². The van der Waals surface area contributed by atoms with E-state index < -0.39 is 11.8 Å². The Kier molecular flexibility index (Phi) is 5.99. The van der Waals surface area contributed by atoms with Crippen molar-refractivity contribution < 1.29 is 14.3 Å². The summed E-state index contributed by atoms with van der Waals surface area (Å²) in [7, 11) is 0. The molecule has 0 unspecified atom stereocenters. The van der Waals surface area contributed by atoms with Crippen LogP contribution in [0.5, 0.6) is 0 Å². The van der Waals surface area contributed by atoms with Crippen molar-refractivity contribution in [2.45, 2.75) is 6.92 Å². The number of halogens is 1. The molecule has 0 aliphatic carbocycles. The normalized spacial score (nSPS) is 18.7. The molecule has 2 fully saturated rings. The SMILES string of the molecule is Cc1cc(Br)ccc1N1C(=O)/C(=C/c2ccc(N3CCOCC3)cc2)C(=O)NC1=S.